The molecule has 0 aliphatic carbocycles. The number of aromatic nitrogens is 2. The van der Waals surface area contributed by atoms with Gasteiger partial charge in [0, 0.05) is 40.7 Å². The molecule has 0 aliphatic rings. The zero-order valence-corrected chi connectivity index (χ0v) is 23.6. The van der Waals surface area contributed by atoms with Crippen molar-refractivity contribution in [2.24, 2.45) is 0 Å². The number of rotatable bonds is 8. The van der Waals surface area contributed by atoms with Gasteiger partial charge in [0.2, 0.25) is 5.88 Å². The van der Waals surface area contributed by atoms with Crippen molar-refractivity contribution in [3.8, 4) is 50.8 Å². The minimum absolute atomic E-state index is 0.0563. The van der Waals surface area contributed by atoms with Gasteiger partial charge in [-0.2, -0.15) is 0 Å². The number of methoxy groups -OCH3 is 2. The highest BCUT2D eigenvalue weighted by Gasteiger charge is 2.17. The zero-order chi connectivity index (χ0) is 28.4. The monoisotopic (exact) mass is 554 g/mol. The fraction of sp³-hybridized carbons (Fsp3) is 0.188. The Morgan fingerprint density at radius 2 is 1.55 bits per heavy atom. The average Bonchev–Trinajstić information content (AvgIpc) is 2.95. The Kier molecular flexibility index (Phi) is 7.45. The van der Waals surface area contributed by atoms with Gasteiger partial charge in [0.05, 0.1) is 25.5 Å². The Balaban J connectivity index is 1.61. The summed E-state index contributed by atoms with van der Waals surface area (Å²) in [7, 11) is 0.0247. The second-order valence-electron chi connectivity index (χ2n) is 9.88. The quantitative estimate of drug-likeness (QED) is 0.234. The summed E-state index contributed by atoms with van der Waals surface area (Å²) in [6.07, 6.45) is 4.62. The minimum atomic E-state index is -3.15. The van der Waals surface area contributed by atoms with Crippen LogP contribution >= 0.6 is 0 Å². The fourth-order valence-electron chi connectivity index (χ4n) is 4.97. The molecule has 8 heteroatoms. The van der Waals surface area contributed by atoms with Gasteiger partial charge >= 0.3 is 0 Å². The Labute approximate surface area is 234 Å². The molecule has 0 saturated carbocycles. The van der Waals surface area contributed by atoms with E-state index in [1.54, 1.807) is 26.6 Å². The molecule has 3 aromatic carbocycles. The highest BCUT2D eigenvalue weighted by Crippen LogP contribution is 2.38. The molecule has 2 aromatic heterocycles. The van der Waals surface area contributed by atoms with Crippen LogP contribution in [0.25, 0.3) is 44.3 Å². The van der Waals surface area contributed by atoms with Gasteiger partial charge in [-0.25, -0.2) is 13.4 Å². The lowest BCUT2D eigenvalue weighted by Gasteiger charge is -2.16. The van der Waals surface area contributed by atoms with Gasteiger partial charge < -0.3 is 14.6 Å². The van der Waals surface area contributed by atoms with E-state index in [1.165, 1.54) is 6.26 Å². The summed E-state index contributed by atoms with van der Waals surface area (Å²) in [4.78, 5) is 8.90. The SMILES string of the molecule is COc1ccc(-c2cnc(O)c(-c3cccc(-c4cc(C(C)CS(C)(=O)=O)cc5cccnc45)c3)c2)cc1OC. The molecule has 7 nitrogen and oxygen atoms in total. The van der Waals surface area contributed by atoms with Crippen molar-refractivity contribution < 1.29 is 23.0 Å². The van der Waals surface area contributed by atoms with Gasteiger partial charge in [-0.1, -0.05) is 37.3 Å². The van der Waals surface area contributed by atoms with Crippen LogP contribution < -0.4 is 9.47 Å². The van der Waals surface area contributed by atoms with E-state index in [0.717, 1.165) is 44.3 Å². The smallest absolute Gasteiger partial charge is 0.218 e. The Hall–Kier alpha value is -4.43. The number of aromatic hydroxyl groups is 1. The topological polar surface area (TPSA) is 98.6 Å². The van der Waals surface area contributed by atoms with E-state index in [9.17, 15) is 13.5 Å². The summed E-state index contributed by atoms with van der Waals surface area (Å²) in [6.45, 7) is 1.92. The van der Waals surface area contributed by atoms with Crippen LogP contribution in [-0.2, 0) is 9.84 Å². The van der Waals surface area contributed by atoms with Crippen LogP contribution in [0.3, 0.4) is 0 Å². The van der Waals surface area contributed by atoms with Crippen molar-refractivity contribution >= 4 is 20.7 Å². The van der Waals surface area contributed by atoms with Crippen LogP contribution in [-0.4, -0.2) is 49.7 Å². The van der Waals surface area contributed by atoms with E-state index in [4.69, 9.17) is 9.47 Å². The largest absolute Gasteiger partial charge is 0.493 e. The minimum Gasteiger partial charge on any atom is -0.493 e. The average molecular weight is 555 g/mol. The lowest BCUT2D eigenvalue weighted by molar-refractivity contribution is 0.355. The maximum Gasteiger partial charge on any atom is 0.218 e. The molecule has 1 N–H and O–H groups in total. The molecule has 0 fully saturated rings. The van der Waals surface area contributed by atoms with Gasteiger partial charge in [0.25, 0.3) is 0 Å². The molecule has 0 radical (unpaired) electrons. The molecule has 40 heavy (non-hydrogen) atoms. The van der Waals surface area contributed by atoms with Crippen molar-refractivity contribution in [3.63, 3.8) is 0 Å². The molecule has 0 aliphatic heterocycles. The maximum absolute atomic E-state index is 12.0. The number of hydrogen-bond donors (Lipinski definition) is 1. The first-order valence-electron chi connectivity index (χ1n) is 12.8. The van der Waals surface area contributed by atoms with Crippen molar-refractivity contribution in [2.75, 3.05) is 26.2 Å². The van der Waals surface area contributed by atoms with Crippen LogP contribution in [0.5, 0.6) is 17.4 Å². The molecule has 1 atom stereocenters. The summed E-state index contributed by atoms with van der Waals surface area (Å²) in [5, 5.41) is 11.7. The summed E-state index contributed by atoms with van der Waals surface area (Å²) in [5.74, 6) is 1.01. The Morgan fingerprint density at radius 3 is 2.27 bits per heavy atom. The van der Waals surface area contributed by atoms with Crippen molar-refractivity contribution in [1.29, 1.82) is 0 Å². The highest BCUT2D eigenvalue weighted by molar-refractivity contribution is 7.90. The molecule has 204 valence electrons. The first-order valence-corrected chi connectivity index (χ1v) is 14.8. The molecular weight excluding hydrogens is 524 g/mol. The summed E-state index contributed by atoms with van der Waals surface area (Å²) in [6, 6.07) is 23.2. The van der Waals surface area contributed by atoms with Crippen LogP contribution in [0.2, 0.25) is 0 Å². The molecule has 0 spiro atoms. The molecule has 0 amide bonds. The van der Waals surface area contributed by atoms with Crippen molar-refractivity contribution in [1.82, 2.24) is 9.97 Å². The van der Waals surface area contributed by atoms with Gasteiger partial charge in [-0.05, 0) is 70.6 Å². The normalized spacial score (nSPS) is 12.3. The first-order chi connectivity index (χ1) is 19.2. The maximum atomic E-state index is 12.0. The third-order valence-corrected chi connectivity index (χ3v) is 8.02. The molecule has 2 heterocycles. The Bertz CT molecular complexity index is 1820. The van der Waals surface area contributed by atoms with Crippen LogP contribution in [0.15, 0.2) is 85.2 Å². The third-order valence-electron chi connectivity index (χ3n) is 6.92. The molecule has 5 rings (SSSR count). The highest BCUT2D eigenvalue weighted by atomic mass is 32.2. The number of fused-ring (bicyclic) bond motifs is 1. The van der Waals surface area contributed by atoms with Gasteiger partial charge in [-0.15, -0.1) is 0 Å². The molecule has 0 saturated heterocycles. The second-order valence-corrected chi connectivity index (χ2v) is 12.1. The third kappa shape index (κ3) is 5.62. The Morgan fingerprint density at radius 1 is 0.800 bits per heavy atom. The van der Waals surface area contributed by atoms with Gasteiger partial charge in [-0.3, -0.25) is 4.98 Å². The first kappa shape index (κ1) is 27.1. The van der Waals surface area contributed by atoms with Crippen molar-refractivity contribution in [3.05, 3.63) is 90.8 Å². The number of sulfone groups is 1. The van der Waals surface area contributed by atoms with E-state index in [-0.39, 0.29) is 17.6 Å². The van der Waals surface area contributed by atoms with E-state index in [1.807, 2.05) is 79.7 Å². The van der Waals surface area contributed by atoms with Crippen LogP contribution in [0.1, 0.15) is 18.4 Å². The van der Waals surface area contributed by atoms with Gasteiger partial charge in [0.1, 0.15) is 9.84 Å². The predicted molar refractivity (Wildman–Crippen MR) is 159 cm³/mol. The standard InChI is InChI=1S/C32H30N2O5S/c1-20(19-40(4,36)37)25-14-24-9-6-12-33-31(24)27(15-25)22-7-5-8-23(13-22)28-16-26(18-34-32(28)35)21-10-11-29(38-2)30(17-21)39-3/h5-18,20H,19H2,1-4H3,(H,34,35). The molecule has 0 bridgehead atoms. The number of ether oxygens (including phenoxy) is 2. The van der Waals surface area contributed by atoms with E-state index < -0.39 is 9.84 Å². The summed E-state index contributed by atoms with van der Waals surface area (Å²) >= 11 is 0. The van der Waals surface area contributed by atoms with Crippen LogP contribution in [0, 0.1) is 0 Å². The number of hydrogen-bond acceptors (Lipinski definition) is 7. The van der Waals surface area contributed by atoms with Crippen LogP contribution in [0.4, 0.5) is 0 Å². The predicted octanol–water partition coefficient (Wildman–Crippen LogP) is 6.50. The number of pyridine rings is 2. The fourth-order valence-corrected chi connectivity index (χ4v) is 6.07. The molecule has 1 unspecified atom stereocenters. The number of nitrogens with zero attached hydrogens (tertiary/aromatic N) is 2. The molecular formula is C32H30N2O5S. The van der Waals surface area contributed by atoms with Gasteiger partial charge in [0.15, 0.2) is 11.5 Å². The van der Waals surface area contributed by atoms with E-state index >= 15 is 0 Å². The lowest BCUT2D eigenvalue weighted by atomic mass is 9.92. The zero-order valence-electron chi connectivity index (χ0n) is 22.8. The number of benzene rings is 3. The van der Waals surface area contributed by atoms with E-state index in [0.29, 0.717) is 17.1 Å². The van der Waals surface area contributed by atoms with E-state index in [2.05, 4.69) is 9.97 Å². The van der Waals surface area contributed by atoms with Crippen molar-refractivity contribution in [2.45, 2.75) is 12.8 Å². The second kappa shape index (κ2) is 11.0. The summed E-state index contributed by atoms with van der Waals surface area (Å²) < 4.78 is 34.8. The summed E-state index contributed by atoms with van der Waals surface area (Å²) in [5.41, 5.74) is 6.55. The molecule has 5 aromatic rings. The lowest BCUT2D eigenvalue weighted by Crippen LogP contribution is -2.10.